The van der Waals surface area contributed by atoms with Gasteiger partial charge in [0.15, 0.2) is 0 Å². The molecule has 1 aliphatic heterocycles. The molecule has 0 saturated carbocycles. The van der Waals surface area contributed by atoms with Crippen molar-refractivity contribution in [2.45, 2.75) is 32.7 Å². The number of rotatable bonds is 6. The predicted octanol–water partition coefficient (Wildman–Crippen LogP) is 4.82. The molecule has 30 heavy (non-hydrogen) atoms. The number of carbonyl (C=O) groups is 2. The fourth-order valence-electron chi connectivity index (χ4n) is 4.09. The average molecular weight is 402 g/mol. The summed E-state index contributed by atoms with van der Waals surface area (Å²) in [6.45, 7) is 5.24. The van der Waals surface area contributed by atoms with Gasteiger partial charge in [0, 0.05) is 36.3 Å². The van der Waals surface area contributed by atoms with Crippen LogP contribution < -0.4 is 15.1 Å². The molecule has 5 heteroatoms. The van der Waals surface area contributed by atoms with Gasteiger partial charge in [-0.2, -0.15) is 0 Å². The van der Waals surface area contributed by atoms with Crippen LogP contribution in [0, 0.1) is 0 Å². The van der Waals surface area contributed by atoms with Crippen molar-refractivity contribution in [3.8, 4) is 0 Å². The monoisotopic (exact) mass is 401 g/mol. The van der Waals surface area contributed by atoms with E-state index in [1.54, 1.807) is 0 Å². The van der Waals surface area contributed by atoms with Crippen LogP contribution in [0.1, 0.15) is 26.7 Å². The molecule has 0 bridgehead atoms. The van der Waals surface area contributed by atoms with Gasteiger partial charge in [0.05, 0.1) is 5.69 Å². The van der Waals surface area contributed by atoms with Crippen LogP contribution in [-0.4, -0.2) is 30.9 Å². The van der Waals surface area contributed by atoms with Gasteiger partial charge in [-0.3, -0.25) is 9.59 Å². The predicted molar refractivity (Wildman–Crippen MR) is 123 cm³/mol. The molecule has 0 radical (unpaired) electrons. The van der Waals surface area contributed by atoms with Crippen LogP contribution in [0.25, 0.3) is 10.8 Å². The zero-order valence-corrected chi connectivity index (χ0v) is 17.5. The number of nitrogens with one attached hydrogen (secondary N) is 1. The molecule has 0 unspecified atom stereocenters. The fourth-order valence-corrected chi connectivity index (χ4v) is 4.09. The average Bonchev–Trinajstić information content (AvgIpc) is 3.20. The van der Waals surface area contributed by atoms with Crippen molar-refractivity contribution in [2.75, 3.05) is 28.2 Å². The van der Waals surface area contributed by atoms with Crippen LogP contribution in [0.2, 0.25) is 0 Å². The van der Waals surface area contributed by atoms with Gasteiger partial charge < -0.3 is 15.1 Å². The number of hydrogen-bond donors (Lipinski definition) is 1. The Bertz CT molecular complexity index is 1060. The molecule has 1 fully saturated rings. The zero-order valence-electron chi connectivity index (χ0n) is 17.5. The summed E-state index contributed by atoms with van der Waals surface area (Å²) in [5, 5.41) is 5.50. The first-order valence-electron chi connectivity index (χ1n) is 10.5. The minimum absolute atomic E-state index is 0.0210. The molecular formula is C25H27N3O2. The molecule has 1 heterocycles. The lowest BCUT2D eigenvalue weighted by Crippen LogP contribution is -2.41. The van der Waals surface area contributed by atoms with E-state index in [-0.39, 0.29) is 17.9 Å². The van der Waals surface area contributed by atoms with Gasteiger partial charge in [-0.15, -0.1) is 0 Å². The molecule has 5 nitrogen and oxygen atoms in total. The number of amides is 2. The lowest BCUT2D eigenvalue weighted by molar-refractivity contribution is -0.119. The van der Waals surface area contributed by atoms with Crippen LogP contribution >= 0.6 is 0 Å². The van der Waals surface area contributed by atoms with Crippen molar-refractivity contribution in [2.24, 2.45) is 0 Å². The summed E-state index contributed by atoms with van der Waals surface area (Å²) in [5.41, 5.74) is 2.70. The smallest absolute Gasteiger partial charge is 0.249 e. The topological polar surface area (TPSA) is 52.7 Å². The SMILES string of the molecule is CCN(C(=O)[C@@H](C)Nc1ccc(N2CCCC2=O)cc1)c1cccc2ccccc12. The summed E-state index contributed by atoms with van der Waals surface area (Å²) in [4.78, 5) is 28.8. The second kappa shape index (κ2) is 8.57. The van der Waals surface area contributed by atoms with Crippen LogP contribution in [-0.2, 0) is 9.59 Å². The molecule has 2 amide bonds. The van der Waals surface area contributed by atoms with E-state index in [9.17, 15) is 9.59 Å². The van der Waals surface area contributed by atoms with Gasteiger partial charge >= 0.3 is 0 Å². The normalized spacial score (nSPS) is 14.7. The van der Waals surface area contributed by atoms with Gasteiger partial charge in [-0.1, -0.05) is 36.4 Å². The maximum absolute atomic E-state index is 13.3. The molecule has 0 aromatic heterocycles. The van der Waals surface area contributed by atoms with E-state index in [2.05, 4.69) is 23.5 Å². The molecule has 154 valence electrons. The van der Waals surface area contributed by atoms with E-state index in [0.29, 0.717) is 13.0 Å². The summed E-state index contributed by atoms with van der Waals surface area (Å²) in [6, 6.07) is 21.5. The van der Waals surface area contributed by atoms with Crippen molar-refractivity contribution in [1.29, 1.82) is 0 Å². The highest BCUT2D eigenvalue weighted by molar-refractivity contribution is 6.06. The number of benzene rings is 3. The number of fused-ring (bicyclic) bond motifs is 1. The Morgan fingerprint density at radius 1 is 1.07 bits per heavy atom. The lowest BCUT2D eigenvalue weighted by atomic mass is 10.1. The summed E-state index contributed by atoms with van der Waals surface area (Å²) in [5.74, 6) is 0.195. The van der Waals surface area contributed by atoms with Crippen LogP contribution in [0.5, 0.6) is 0 Å². The minimum atomic E-state index is -0.386. The maximum atomic E-state index is 13.3. The van der Waals surface area contributed by atoms with E-state index in [4.69, 9.17) is 0 Å². The highest BCUT2D eigenvalue weighted by Gasteiger charge is 2.23. The molecule has 1 aliphatic rings. The summed E-state index contributed by atoms with van der Waals surface area (Å²) >= 11 is 0. The Kier molecular flexibility index (Phi) is 5.70. The van der Waals surface area contributed by atoms with E-state index in [1.165, 1.54) is 0 Å². The van der Waals surface area contributed by atoms with Gasteiger partial charge in [-0.25, -0.2) is 0 Å². The second-order valence-corrected chi connectivity index (χ2v) is 7.64. The first-order valence-corrected chi connectivity index (χ1v) is 10.5. The summed E-state index contributed by atoms with van der Waals surface area (Å²) < 4.78 is 0. The fraction of sp³-hybridized carbons (Fsp3) is 0.280. The first-order chi connectivity index (χ1) is 14.6. The third kappa shape index (κ3) is 3.88. The molecule has 0 aliphatic carbocycles. The van der Waals surface area contributed by atoms with Gasteiger partial charge in [0.25, 0.3) is 0 Å². The standard InChI is InChI=1S/C25H27N3O2/c1-3-27(23-11-6-9-19-8-4-5-10-22(19)23)25(30)18(2)26-20-13-15-21(16-14-20)28-17-7-12-24(28)29/h4-6,8-11,13-16,18,26H,3,7,12,17H2,1-2H3/t18-/m1/s1. The minimum Gasteiger partial charge on any atom is -0.374 e. The van der Waals surface area contributed by atoms with E-state index in [1.807, 2.05) is 72.2 Å². The molecule has 3 aromatic rings. The van der Waals surface area contributed by atoms with Crippen molar-refractivity contribution in [1.82, 2.24) is 0 Å². The van der Waals surface area contributed by atoms with Gasteiger partial charge in [-0.05, 0) is 56.0 Å². The van der Waals surface area contributed by atoms with Crippen LogP contribution in [0.3, 0.4) is 0 Å². The van der Waals surface area contributed by atoms with Crippen molar-refractivity contribution >= 4 is 39.6 Å². The Morgan fingerprint density at radius 3 is 2.50 bits per heavy atom. The number of likely N-dealkylation sites (N-methyl/N-ethyl adjacent to an activating group) is 1. The molecular weight excluding hydrogens is 374 g/mol. The summed E-state index contributed by atoms with van der Waals surface area (Å²) in [7, 11) is 0. The molecule has 1 saturated heterocycles. The van der Waals surface area contributed by atoms with Gasteiger partial charge in [0.2, 0.25) is 11.8 Å². The molecule has 0 spiro atoms. The van der Waals surface area contributed by atoms with E-state index < -0.39 is 0 Å². The van der Waals surface area contributed by atoms with Crippen molar-refractivity contribution in [3.05, 3.63) is 66.7 Å². The zero-order chi connectivity index (χ0) is 21.1. The molecule has 1 N–H and O–H groups in total. The Hall–Kier alpha value is -3.34. The summed E-state index contributed by atoms with van der Waals surface area (Å²) in [6.07, 6.45) is 1.53. The Balaban J connectivity index is 1.50. The molecule has 3 aromatic carbocycles. The third-order valence-electron chi connectivity index (χ3n) is 5.65. The van der Waals surface area contributed by atoms with Crippen LogP contribution in [0.4, 0.5) is 17.1 Å². The largest absolute Gasteiger partial charge is 0.374 e. The van der Waals surface area contributed by atoms with Crippen molar-refractivity contribution < 1.29 is 9.59 Å². The van der Waals surface area contributed by atoms with E-state index in [0.717, 1.165) is 40.8 Å². The van der Waals surface area contributed by atoms with Crippen molar-refractivity contribution in [3.63, 3.8) is 0 Å². The first kappa shape index (κ1) is 20.0. The highest BCUT2D eigenvalue weighted by Crippen LogP contribution is 2.28. The third-order valence-corrected chi connectivity index (χ3v) is 5.65. The van der Waals surface area contributed by atoms with E-state index >= 15 is 0 Å². The molecule has 1 atom stereocenters. The Labute approximate surface area is 177 Å². The Morgan fingerprint density at radius 2 is 1.80 bits per heavy atom. The van der Waals surface area contributed by atoms with Crippen LogP contribution in [0.15, 0.2) is 66.7 Å². The van der Waals surface area contributed by atoms with Gasteiger partial charge in [0.1, 0.15) is 6.04 Å². The highest BCUT2D eigenvalue weighted by atomic mass is 16.2. The number of anilines is 3. The maximum Gasteiger partial charge on any atom is 0.249 e. The number of hydrogen-bond acceptors (Lipinski definition) is 3. The second-order valence-electron chi connectivity index (χ2n) is 7.64. The lowest BCUT2D eigenvalue weighted by Gasteiger charge is -2.27. The number of carbonyl (C=O) groups excluding carboxylic acids is 2. The number of nitrogens with zero attached hydrogens (tertiary/aromatic N) is 2. The molecule has 4 rings (SSSR count). The quantitative estimate of drug-likeness (QED) is 0.644.